The second-order valence-corrected chi connectivity index (χ2v) is 4.60. The van der Waals surface area contributed by atoms with E-state index in [2.05, 4.69) is 15.5 Å². The van der Waals surface area contributed by atoms with Crippen molar-refractivity contribution in [2.45, 2.75) is 37.8 Å². The van der Waals surface area contributed by atoms with E-state index in [1.54, 1.807) is 0 Å². The molecule has 0 aromatic heterocycles. The lowest BCUT2D eigenvalue weighted by molar-refractivity contribution is -0.124. The van der Waals surface area contributed by atoms with Crippen LogP contribution in [0, 0.1) is 0 Å². The Hall–Kier alpha value is -0.610. The van der Waals surface area contributed by atoms with Crippen LogP contribution in [-0.4, -0.2) is 49.6 Å². The first-order valence-electron chi connectivity index (χ1n) is 5.97. The molecule has 0 aromatic carbocycles. The van der Waals surface area contributed by atoms with E-state index in [1.807, 2.05) is 7.05 Å². The van der Waals surface area contributed by atoms with Crippen molar-refractivity contribution >= 4 is 5.91 Å². The fourth-order valence-corrected chi connectivity index (χ4v) is 2.63. The molecule has 0 bridgehead atoms. The van der Waals surface area contributed by atoms with Gasteiger partial charge in [0.2, 0.25) is 5.91 Å². The van der Waals surface area contributed by atoms with Gasteiger partial charge in [0.05, 0.1) is 0 Å². The van der Waals surface area contributed by atoms with Crippen molar-refractivity contribution in [1.82, 2.24) is 15.5 Å². The molecule has 0 spiro atoms. The van der Waals surface area contributed by atoms with Crippen molar-refractivity contribution in [3.8, 4) is 0 Å². The summed E-state index contributed by atoms with van der Waals surface area (Å²) in [5.41, 5.74) is 0. The number of hydrogen-bond acceptors (Lipinski definition) is 3. The quantitative estimate of drug-likeness (QED) is 0.673. The standard InChI is InChI=1S/C11H21N3O/c1-12-9-3-6-14(7-4-9)10-2-5-13-11(15)8-10/h9-10,12H,2-8H2,1H3,(H,13,15). The zero-order chi connectivity index (χ0) is 10.7. The van der Waals surface area contributed by atoms with Crippen LogP contribution in [-0.2, 0) is 4.79 Å². The first-order chi connectivity index (χ1) is 7.29. The maximum absolute atomic E-state index is 11.3. The number of rotatable bonds is 2. The molecule has 0 aromatic rings. The minimum absolute atomic E-state index is 0.224. The van der Waals surface area contributed by atoms with Gasteiger partial charge in [0.15, 0.2) is 0 Å². The van der Waals surface area contributed by atoms with Crippen molar-refractivity contribution in [3.05, 3.63) is 0 Å². The average molecular weight is 211 g/mol. The summed E-state index contributed by atoms with van der Waals surface area (Å²) in [4.78, 5) is 13.8. The number of piperidine rings is 2. The summed E-state index contributed by atoms with van der Waals surface area (Å²) in [6.45, 7) is 3.14. The lowest BCUT2D eigenvalue weighted by Gasteiger charge is -2.38. The Kier molecular flexibility index (Phi) is 3.59. The highest BCUT2D eigenvalue weighted by Crippen LogP contribution is 2.18. The fraction of sp³-hybridized carbons (Fsp3) is 0.909. The molecule has 4 nitrogen and oxygen atoms in total. The zero-order valence-electron chi connectivity index (χ0n) is 9.46. The number of nitrogens with zero attached hydrogens (tertiary/aromatic N) is 1. The molecular weight excluding hydrogens is 190 g/mol. The van der Waals surface area contributed by atoms with E-state index in [0.29, 0.717) is 18.5 Å². The predicted molar refractivity (Wildman–Crippen MR) is 59.7 cm³/mol. The van der Waals surface area contributed by atoms with Gasteiger partial charge in [0.25, 0.3) is 0 Å². The molecule has 1 unspecified atom stereocenters. The normalized spacial score (nSPS) is 30.2. The molecule has 0 saturated carbocycles. The Morgan fingerprint density at radius 1 is 1.33 bits per heavy atom. The Labute approximate surface area is 91.4 Å². The van der Waals surface area contributed by atoms with E-state index < -0.39 is 0 Å². The summed E-state index contributed by atoms with van der Waals surface area (Å²) in [5, 5.41) is 6.22. The van der Waals surface area contributed by atoms with Gasteiger partial charge >= 0.3 is 0 Å². The van der Waals surface area contributed by atoms with Crippen LogP contribution in [0.4, 0.5) is 0 Å². The van der Waals surface area contributed by atoms with Gasteiger partial charge in [-0.3, -0.25) is 9.69 Å². The van der Waals surface area contributed by atoms with Crippen molar-refractivity contribution < 1.29 is 4.79 Å². The van der Waals surface area contributed by atoms with E-state index >= 15 is 0 Å². The van der Waals surface area contributed by atoms with E-state index in [-0.39, 0.29) is 5.91 Å². The summed E-state index contributed by atoms with van der Waals surface area (Å²) in [6, 6.07) is 1.18. The molecule has 2 aliphatic heterocycles. The van der Waals surface area contributed by atoms with E-state index in [1.165, 1.54) is 12.8 Å². The molecule has 2 aliphatic rings. The van der Waals surface area contributed by atoms with Gasteiger partial charge in [-0.2, -0.15) is 0 Å². The van der Waals surface area contributed by atoms with Crippen LogP contribution in [0.25, 0.3) is 0 Å². The number of nitrogens with one attached hydrogen (secondary N) is 2. The Morgan fingerprint density at radius 3 is 2.67 bits per heavy atom. The molecule has 2 rings (SSSR count). The van der Waals surface area contributed by atoms with E-state index in [0.717, 1.165) is 26.1 Å². The molecule has 4 heteroatoms. The monoisotopic (exact) mass is 211 g/mol. The van der Waals surface area contributed by atoms with Crippen LogP contribution in [0.1, 0.15) is 25.7 Å². The highest BCUT2D eigenvalue weighted by atomic mass is 16.1. The zero-order valence-corrected chi connectivity index (χ0v) is 9.46. The summed E-state index contributed by atoms with van der Waals surface area (Å²) in [5.74, 6) is 0.224. The maximum Gasteiger partial charge on any atom is 0.221 e. The van der Waals surface area contributed by atoms with E-state index in [4.69, 9.17) is 0 Å². The minimum Gasteiger partial charge on any atom is -0.356 e. The van der Waals surface area contributed by atoms with Gasteiger partial charge in [-0.05, 0) is 39.4 Å². The Morgan fingerprint density at radius 2 is 2.07 bits per heavy atom. The first-order valence-corrected chi connectivity index (χ1v) is 5.97. The summed E-state index contributed by atoms with van der Waals surface area (Å²) in [6.07, 6.45) is 4.25. The van der Waals surface area contributed by atoms with Crippen molar-refractivity contribution in [2.24, 2.45) is 0 Å². The van der Waals surface area contributed by atoms with Crippen LogP contribution in [0.5, 0.6) is 0 Å². The van der Waals surface area contributed by atoms with Gasteiger partial charge in [-0.15, -0.1) is 0 Å². The van der Waals surface area contributed by atoms with E-state index in [9.17, 15) is 4.79 Å². The molecule has 86 valence electrons. The number of hydrogen-bond donors (Lipinski definition) is 2. The van der Waals surface area contributed by atoms with Gasteiger partial charge in [-0.1, -0.05) is 0 Å². The Balaban J connectivity index is 1.81. The second kappa shape index (κ2) is 4.94. The van der Waals surface area contributed by atoms with Crippen LogP contribution < -0.4 is 10.6 Å². The fourth-order valence-electron chi connectivity index (χ4n) is 2.63. The van der Waals surface area contributed by atoms with Crippen LogP contribution in [0.2, 0.25) is 0 Å². The van der Waals surface area contributed by atoms with Gasteiger partial charge in [0.1, 0.15) is 0 Å². The summed E-state index contributed by atoms with van der Waals surface area (Å²) >= 11 is 0. The smallest absolute Gasteiger partial charge is 0.221 e. The third-order valence-corrected chi connectivity index (χ3v) is 3.67. The molecule has 0 aliphatic carbocycles. The van der Waals surface area contributed by atoms with Crippen molar-refractivity contribution in [2.75, 3.05) is 26.7 Å². The number of carbonyl (C=O) groups excluding carboxylic acids is 1. The largest absolute Gasteiger partial charge is 0.356 e. The number of amides is 1. The molecule has 1 amide bonds. The third-order valence-electron chi connectivity index (χ3n) is 3.67. The van der Waals surface area contributed by atoms with Crippen molar-refractivity contribution in [3.63, 3.8) is 0 Å². The van der Waals surface area contributed by atoms with Gasteiger partial charge in [0, 0.05) is 25.0 Å². The minimum atomic E-state index is 0.224. The molecule has 1 atom stereocenters. The number of likely N-dealkylation sites (tertiary alicyclic amines) is 1. The maximum atomic E-state index is 11.3. The molecule has 2 saturated heterocycles. The van der Waals surface area contributed by atoms with Crippen molar-refractivity contribution in [1.29, 1.82) is 0 Å². The topological polar surface area (TPSA) is 44.4 Å². The molecule has 2 fully saturated rings. The van der Waals surface area contributed by atoms with Gasteiger partial charge < -0.3 is 10.6 Å². The Bertz CT molecular complexity index is 224. The lowest BCUT2D eigenvalue weighted by Crippen LogP contribution is -2.50. The molecular formula is C11H21N3O. The van der Waals surface area contributed by atoms with Crippen LogP contribution >= 0.6 is 0 Å². The highest BCUT2D eigenvalue weighted by molar-refractivity contribution is 5.77. The summed E-state index contributed by atoms with van der Waals surface area (Å²) in [7, 11) is 2.04. The molecule has 2 N–H and O–H groups in total. The average Bonchev–Trinajstić information content (AvgIpc) is 2.29. The second-order valence-electron chi connectivity index (χ2n) is 4.60. The van der Waals surface area contributed by atoms with Crippen LogP contribution in [0.3, 0.4) is 0 Å². The number of carbonyl (C=O) groups is 1. The predicted octanol–water partition coefficient (Wildman–Crippen LogP) is -0.0512. The molecule has 2 heterocycles. The van der Waals surface area contributed by atoms with Crippen LogP contribution in [0.15, 0.2) is 0 Å². The first kappa shape index (κ1) is 10.9. The molecule has 0 radical (unpaired) electrons. The van der Waals surface area contributed by atoms with Gasteiger partial charge in [-0.25, -0.2) is 0 Å². The molecule has 15 heavy (non-hydrogen) atoms. The highest BCUT2D eigenvalue weighted by Gasteiger charge is 2.27. The SMILES string of the molecule is CNC1CCN(C2CCNC(=O)C2)CC1. The lowest BCUT2D eigenvalue weighted by atomic mass is 9.98. The third kappa shape index (κ3) is 2.69. The summed E-state index contributed by atoms with van der Waals surface area (Å²) < 4.78 is 0.